The van der Waals surface area contributed by atoms with Gasteiger partial charge in [-0.1, -0.05) is 6.92 Å². The highest BCUT2D eigenvalue weighted by Crippen LogP contribution is 2.34. The van der Waals surface area contributed by atoms with Crippen LogP contribution < -0.4 is 5.43 Å². The lowest BCUT2D eigenvalue weighted by Crippen LogP contribution is -2.43. The first-order valence-corrected chi connectivity index (χ1v) is 3.16. The Morgan fingerprint density at radius 1 is 1.75 bits per heavy atom. The van der Waals surface area contributed by atoms with Crippen LogP contribution in [0.2, 0.25) is 0 Å². The molecule has 3 atom stereocenters. The zero-order valence-corrected chi connectivity index (χ0v) is 4.96. The summed E-state index contributed by atoms with van der Waals surface area (Å²) in [6.07, 6.45) is 3.35. The largest absolute Gasteiger partial charge is 0.307 e. The quantitative estimate of drug-likeness (QED) is 0.485. The molecule has 0 saturated heterocycles. The third-order valence-corrected chi connectivity index (χ3v) is 2.23. The summed E-state index contributed by atoms with van der Waals surface area (Å²) in [5, 5.41) is 3.98. The standard InChI is InChI=1S/C6H10N2/c1-4-2-6-5(4)3-7-8-6/h3-6,8H,2H2,1H3/t4?,5-,6?/m1/s1. The summed E-state index contributed by atoms with van der Waals surface area (Å²) in [6.45, 7) is 2.28. The fourth-order valence-corrected chi connectivity index (χ4v) is 1.53. The molecule has 0 bridgehead atoms. The zero-order valence-electron chi connectivity index (χ0n) is 4.96. The molecule has 2 heteroatoms. The van der Waals surface area contributed by atoms with Crippen molar-refractivity contribution >= 4 is 6.21 Å². The van der Waals surface area contributed by atoms with E-state index in [4.69, 9.17) is 0 Å². The van der Waals surface area contributed by atoms with Gasteiger partial charge in [-0.15, -0.1) is 0 Å². The Morgan fingerprint density at radius 2 is 2.62 bits per heavy atom. The van der Waals surface area contributed by atoms with Crippen molar-refractivity contribution in [1.29, 1.82) is 0 Å². The van der Waals surface area contributed by atoms with Gasteiger partial charge in [0.2, 0.25) is 0 Å². The predicted molar refractivity (Wildman–Crippen MR) is 32.7 cm³/mol. The van der Waals surface area contributed by atoms with E-state index in [2.05, 4.69) is 17.5 Å². The Balaban J connectivity index is 2.10. The van der Waals surface area contributed by atoms with Crippen molar-refractivity contribution in [1.82, 2.24) is 5.43 Å². The van der Waals surface area contributed by atoms with Crippen LogP contribution in [0.5, 0.6) is 0 Å². The van der Waals surface area contributed by atoms with Gasteiger partial charge in [-0.25, -0.2) is 0 Å². The van der Waals surface area contributed by atoms with E-state index in [0.717, 1.165) is 11.8 Å². The topological polar surface area (TPSA) is 24.4 Å². The van der Waals surface area contributed by atoms with Crippen LogP contribution in [0.15, 0.2) is 5.10 Å². The van der Waals surface area contributed by atoms with Gasteiger partial charge in [0.15, 0.2) is 0 Å². The van der Waals surface area contributed by atoms with E-state index < -0.39 is 0 Å². The number of rotatable bonds is 0. The van der Waals surface area contributed by atoms with Gasteiger partial charge in [-0.05, 0) is 12.3 Å². The maximum atomic E-state index is 3.98. The Morgan fingerprint density at radius 3 is 3.12 bits per heavy atom. The molecule has 0 radical (unpaired) electrons. The number of hydrogen-bond acceptors (Lipinski definition) is 2. The van der Waals surface area contributed by atoms with Gasteiger partial charge in [-0.3, -0.25) is 0 Å². The Labute approximate surface area is 49.0 Å². The second-order valence-corrected chi connectivity index (χ2v) is 2.80. The van der Waals surface area contributed by atoms with Crippen molar-refractivity contribution < 1.29 is 0 Å². The summed E-state index contributed by atoms with van der Waals surface area (Å²) in [4.78, 5) is 0. The molecule has 1 saturated carbocycles. The number of hydrogen-bond donors (Lipinski definition) is 1. The number of hydrazone groups is 1. The SMILES string of the molecule is CC1CC2NN=C[C@H]12. The molecule has 0 amide bonds. The molecule has 1 aliphatic carbocycles. The van der Waals surface area contributed by atoms with Gasteiger partial charge in [-0.2, -0.15) is 5.10 Å². The summed E-state index contributed by atoms with van der Waals surface area (Å²) < 4.78 is 0. The first-order chi connectivity index (χ1) is 3.88. The highest BCUT2D eigenvalue weighted by Gasteiger charge is 2.39. The average molecular weight is 110 g/mol. The normalized spacial score (nSPS) is 49.9. The summed E-state index contributed by atoms with van der Waals surface area (Å²) in [7, 11) is 0. The molecule has 0 aromatic carbocycles. The highest BCUT2D eigenvalue weighted by atomic mass is 15.3. The Hall–Kier alpha value is -0.530. The summed E-state index contributed by atoms with van der Waals surface area (Å²) in [5.41, 5.74) is 3.06. The molecule has 2 rings (SSSR count). The smallest absolute Gasteiger partial charge is 0.0523 e. The van der Waals surface area contributed by atoms with Crippen LogP contribution in [0.4, 0.5) is 0 Å². The molecule has 2 aliphatic rings. The van der Waals surface area contributed by atoms with Crippen molar-refractivity contribution in [2.75, 3.05) is 0 Å². The molecule has 1 aliphatic heterocycles. The van der Waals surface area contributed by atoms with Gasteiger partial charge in [0, 0.05) is 12.1 Å². The van der Waals surface area contributed by atoms with E-state index in [-0.39, 0.29) is 0 Å². The van der Waals surface area contributed by atoms with E-state index in [1.807, 2.05) is 6.21 Å². The molecule has 1 fully saturated rings. The molecule has 0 aromatic rings. The number of nitrogens with zero attached hydrogens (tertiary/aromatic N) is 1. The minimum absolute atomic E-state index is 0.699. The van der Waals surface area contributed by atoms with Crippen molar-refractivity contribution in [3.63, 3.8) is 0 Å². The van der Waals surface area contributed by atoms with Crippen LogP contribution in [-0.2, 0) is 0 Å². The van der Waals surface area contributed by atoms with Gasteiger partial charge in [0.1, 0.15) is 0 Å². The van der Waals surface area contributed by atoms with Crippen molar-refractivity contribution in [2.24, 2.45) is 16.9 Å². The lowest BCUT2D eigenvalue weighted by Gasteiger charge is -2.35. The van der Waals surface area contributed by atoms with Crippen LogP contribution in [0, 0.1) is 11.8 Å². The molecule has 2 nitrogen and oxygen atoms in total. The van der Waals surface area contributed by atoms with E-state index in [1.54, 1.807) is 0 Å². The second-order valence-electron chi connectivity index (χ2n) is 2.80. The van der Waals surface area contributed by atoms with Crippen LogP contribution in [0.25, 0.3) is 0 Å². The molecular formula is C6H10N2. The van der Waals surface area contributed by atoms with E-state index in [1.165, 1.54) is 6.42 Å². The van der Waals surface area contributed by atoms with Crippen LogP contribution in [-0.4, -0.2) is 12.3 Å². The Bertz CT molecular complexity index is 130. The van der Waals surface area contributed by atoms with Crippen molar-refractivity contribution in [3.8, 4) is 0 Å². The maximum absolute atomic E-state index is 3.98. The van der Waals surface area contributed by atoms with Gasteiger partial charge >= 0.3 is 0 Å². The molecule has 44 valence electrons. The molecular weight excluding hydrogens is 100 g/mol. The lowest BCUT2D eigenvalue weighted by atomic mass is 9.72. The van der Waals surface area contributed by atoms with Gasteiger partial charge in [0.25, 0.3) is 0 Å². The Kier molecular flexibility index (Phi) is 0.678. The van der Waals surface area contributed by atoms with Crippen molar-refractivity contribution in [2.45, 2.75) is 19.4 Å². The summed E-state index contributed by atoms with van der Waals surface area (Å²) in [5.74, 6) is 1.63. The summed E-state index contributed by atoms with van der Waals surface area (Å²) >= 11 is 0. The van der Waals surface area contributed by atoms with Gasteiger partial charge in [0.05, 0.1) is 6.04 Å². The minimum atomic E-state index is 0.699. The van der Waals surface area contributed by atoms with E-state index in [9.17, 15) is 0 Å². The minimum Gasteiger partial charge on any atom is -0.307 e. The number of fused-ring (bicyclic) bond motifs is 1. The third kappa shape index (κ3) is 0.358. The maximum Gasteiger partial charge on any atom is 0.0523 e. The fraction of sp³-hybridized carbons (Fsp3) is 0.833. The third-order valence-electron chi connectivity index (χ3n) is 2.23. The van der Waals surface area contributed by atoms with Gasteiger partial charge < -0.3 is 5.43 Å². The van der Waals surface area contributed by atoms with Crippen LogP contribution >= 0.6 is 0 Å². The summed E-state index contributed by atoms with van der Waals surface area (Å²) in [6, 6.07) is 0.699. The second kappa shape index (κ2) is 1.24. The van der Waals surface area contributed by atoms with Crippen LogP contribution in [0.1, 0.15) is 13.3 Å². The molecule has 0 aromatic heterocycles. The molecule has 1 N–H and O–H groups in total. The first kappa shape index (κ1) is 4.36. The molecule has 0 spiro atoms. The molecule has 8 heavy (non-hydrogen) atoms. The molecule has 2 unspecified atom stereocenters. The average Bonchev–Trinajstić information content (AvgIpc) is 2.09. The van der Waals surface area contributed by atoms with Crippen molar-refractivity contribution in [3.05, 3.63) is 0 Å². The van der Waals surface area contributed by atoms with Crippen LogP contribution in [0.3, 0.4) is 0 Å². The monoisotopic (exact) mass is 110 g/mol. The highest BCUT2D eigenvalue weighted by molar-refractivity contribution is 5.65. The van der Waals surface area contributed by atoms with E-state index in [0.29, 0.717) is 6.04 Å². The lowest BCUT2D eigenvalue weighted by molar-refractivity contribution is 0.207. The zero-order chi connectivity index (χ0) is 5.56. The predicted octanol–water partition coefficient (Wildman–Crippen LogP) is 0.600. The molecule has 1 heterocycles. The van der Waals surface area contributed by atoms with E-state index >= 15 is 0 Å². The first-order valence-electron chi connectivity index (χ1n) is 3.16. The number of nitrogens with one attached hydrogen (secondary N) is 1. The fourth-order valence-electron chi connectivity index (χ4n) is 1.53.